The summed E-state index contributed by atoms with van der Waals surface area (Å²) >= 11 is 0. The van der Waals surface area contributed by atoms with E-state index < -0.39 is 11.1 Å². The van der Waals surface area contributed by atoms with Crippen molar-refractivity contribution in [2.75, 3.05) is 9.80 Å². The number of benzene rings is 2. The standard InChI is InChI=1S/C32H38N2O2/c1-9-13-28(35)33-26-18-17-23(19-24(26)22(3)20-30(33,4)5)32(8)21-31(6,7)34(29(36)14-10-2)27-16-12-11-15-25(27)32/h9-20H,21H2,1-8H3/b13-9+,14-10-/t32-/m0/s1. The minimum Gasteiger partial charge on any atom is -0.303 e. The molecule has 2 aliphatic rings. The van der Waals surface area contributed by atoms with Gasteiger partial charge in [-0.25, -0.2) is 0 Å². The van der Waals surface area contributed by atoms with Crippen molar-refractivity contribution in [1.29, 1.82) is 0 Å². The topological polar surface area (TPSA) is 40.6 Å². The van der Waals surface area contributed by atoms with E-state index in [0.29, 0.717) is 0 Å². The number of carbonyl (C=O) groups excluding carboxylic acids is 2. The van der Waals surface area contributed by atoms with Gasteiger partial charge in [-0.3, -0.25) is 14.5 Å². The minimum atomic E-state index is -0.424. The molecule has 4 rings (SSSR count). The molecule has 0 unspecified atom stereocenters. The van der Waals surface area contributed by atoms with Crippen LogP contribution in [-0.4, -0.2) is 22.9 Å². The Morgan fingerprint density at radius 2 is 1.44 bits per heavy atom. The van der Waals surface area contributed by atoms with Crippen molar-refractivity contribution in [2.45, 2.75) is 78.3 Å². The fourth-order valence-electron chi connectivity index (χ4n) is 6.39. The van der Waals surface area contributed by atoms with Gasteiger partial charge in [0.25, 0.3) is 11.8 Å². The van der Waals surface area contributed by atoms with E-state index in [1.54, 1.807) is 24.3 Å². The van der Waals surface area contributed by atoms with Crippen molar-refractivity contribution in [3.8, 4) is 0 Å². The smallest absolute Gasteiger partial charge is 0.251 e. The van der Waals surface area contributed by atoms with E-state index in [1.807, 2.05) is 29.7 Å². The number of rotatable bonds is 3. The molecule has 2 aromatic rings. The van der Waals surface area contributed by atoms with Crippen LogP contribution in [0.1, 0.15) is 78.5 Å². The monoisotopic (exact) mass is 482 g/mol. The fraction of sp³-hybridized carbons (Fsp3) is 0.375. The van der Waals surface area contributed by atoms with Crippen molar-refractivity contribution in [1.82, 2.24) is 0 Å². The van der Waals surface area contributed by atoms with Gasteiger partial charge in [0.05, 0.1) is 11.2 Å². The Balaban J connectivity index is 1.91. The second-order valence-electron chi connectivity index (χ2n) is 11.4. The number of hydrogen-bond donors (Lipinski definition) is 0. The predicted octanol–water partition coefficient (Wildman–Crippen LogP) is 7.19. The first kappa shape index (κ1) is 25.7. The number of amides is 2. The molecular weight excluding hydrogens is 444 g/mol. The molecule has 0 fully saturated rings. The second-order valence-corrected chi connectivity index (χ2v) is 11.4. The van der Waals surface area contributed by atoms with E-state index in [2.05, 4.69) is 84.0 Å². The van der Waals surface area contributed by atoms with Crippen molar-refractivity contribution in [3.63, 3.8) is 0 Å². The average molecular weight is 483 g/mol. The third-order valence-corrected chi connectivity index (χ3v) is 7.64. The lowest BCUT2D eigenvalue weighted by molar-refractivity contribution is -0.116. The van der Waals surface area contributed by atoms with E-state index in [4.69, 9.17) is 0 Å². The molecule has 0 radical (unpaired) electrons. The Labute approximate surface area is 216 Å². The summed E-state index contributed by atoms with van der Waals surface area (Å²) in [6.07, 6.45) is 9.82. The quantitative estimate of drug-likeness (QED) is 0.435. The first-order chi connectivity index (χ1) is 16.9. The van der Waals surface area contributed by atoms with Gasteiger partial charge in [0.2, 0.25) is 0 Å². The summed E-state index contributed by atoms with van der Waals surface area (Å²) in [6, 6.07) is 14.8. The van der Waals surface area contributed by atoms with E-state index in [0.717, 1.165) is 28.9 Å². The lowest BCUT2D eigenvalue weighted by Gasteiger charge is -2.51. The van der Waals surface area contributed by atoms with Crippen LogP contribution in [0.5, 0.6) is 0 Å². The van der Waals surface area contributed by atoms with Crippen LogP contribution in [0.15, 0.2) is 72.8 Å². The Hall–Kier alpha value is -3.40. The van der Waals surface area contributed by atoms with Crippen LogP contribution >= 0.6 is 0 Å². The lowest BCUT2D eigenvalue weighted by Crippen LogP contribution is -2.55. The molecule has 2 aromatic carbocycles. The zero-order valence-corrected chi connectivity index (χ0v) is 22.8. The molecule has 0 saturated heterocycles. The zero-order valence-electron chi connectivity index (χ0n) is 22.8. The average Bonchev–Trinajstić information content (AvgIpc) is 2.78. The molecule has 0 spiro atoms. The number of fused-ring (bicyclic) bond motifs is 2. The van der Waals surface area contributed by atoms with Gasteiger partial charge in [-0.05, 0) is 102 Å². The zero-order chi connectivity index (χ0) is 26.5. The molecule has 4 heteroatoms. The summed E-state index contributed by atoms with van der Waals surface area (Å²) in [5.41, 5.74) is 5.33. The van der Waals surface area contributed by atoms with Gasteiger partial charge in [0.1, 0.15) is 0 Å². The molecule has 2 aliphatic heterocycles. The van der Waals surface area contributed by atoms with Gasteiger partial charge in [-0.15, -0.1) is 0 Å². The lowest BCUT2D eigenvalue weighted by atomic mass is 9.64. The Kier molecular flexibility index (Phi) is 6.36. The van der Waals surface area contributed by atoms with Crippen LogP contribution in [0.2, 0.25) is 0 Å². The number of para-hydroxylation sites is 1. The van der Waals surface area contributed by atoms with Crippen molar-refractivity contribution < 1.29 is 9.59 Å². The molecule has 0 aliphatic carbocycles. The minimum absolute atomic E-state index is 0.00147. The Morgan fingerprint density at radius 3 is 2.08 bits per heavy atom. The molecule has 36 heavy (non-hydrogen) atoms. The summed E-state index contributed by atoms with van der Waals surface area (Å²) in [5, 5.41) is 0. The summed E-state index contributed by atoms with van der Waals surface area (Å²) in [5.74, 6) is -0.0182. The first-order valence-electron chi connectivity index (χ1n) is 12.7. The van der Waals surface area contributed by atoms with Crippen LogP contribution in [0.25, 0.3) is 5.57 Å². The first-order valence-corrected chi connectivity index (χ1v) is 12.7. The normalized spacial score (nSPS) is 22.4. The Morgan fingerprint density at radius 1 is 0.833 bits per heavy atom. The second kappa shape index (κ2) is 8.92. The molecule has 188 valence electrons. The molecule has 1 atom stereocenters. The number of hydrogen-bond acceptors (Lipinski definition) is 2. The number of nitrogens with zero attached hydrogens (tertiary/aromatic N) is 2. The maximum atomic E-state index is 13.2. The molecule has 0 aromatic heterocycles. The summed E-state index contributed by atoms with van der Waals surface area (Å²) in [7, 11) is 0. The maximum absolute atomic E-state index is 13.2. The van der Waals surface area contributed by atoms with Crippen LogP contribution < -0.4 is 9.80 Å². The highest BCUT2D eigenvalue weighted by atomic mass is 16.2. The third kappa shape index (κ3) is 4.03. The van der Waals surface area contributed by atoms with Gasteiger partial charge >= 0.3 is 0 Å². The molecule has 0 bridgehead atoms. The Bertz CT molecular complexity index is 1310. The highest BCUT2D eigenvalue weighted by molar-refractivity contribution is 6.06. The SMILES string of the molecule is C/C=C\C(=O)N1c2ccccc2[C@](C)(c2ccc3c(c2)C(C)=CC(C)(C)N3C(=O)/C=C/C)CC1(C)C. The number of anilines is 2. The van der Waals surface area contributed by atoms with Crippen LogP contribution in [0.4, 0.5) is 11.4 Å². The third-order valence-electron chi connectivity index (χ3n) is 7.64. The van der Waals surface area contributed by atoms with E-state index in [-0.39, 0.29) is 17.2 Å². The fourth-order valence-corrected chi connectivity index (χ4v) is 6.39. The number of carbonyl (C=O) groups is 2. The highest BCUT2D eigenvalue weighted by Crippen LogP contribution is 2.52. The van der Waals surface area contributed by atoms with E-state index >= 15 is 0 Å². The summed E-state index contributed by atoms with van der Waals surface area (Å²) in [4.78, 5) is 30.1. The molecule has 4 nitrogen and oxygen atoms in total. The van der Waals surface area contributed by atoms with Crippen molar-refractivity contribution in [2.24, 2.45) is 0 Å². The van der Waals surface area contributed by atoms with Gasteiger partial charge in [-0.2, -0.15) is 0 Å². The van der Waals surface area contributed by atoms with E-state index in [1.165, 1.54) is 11.1 Å². The van der Waals surface area contributed by atoms with Crippen molar-refractivity contribution in [3.05, 3.63) is 89.5 Å². The molecule has 2 heterocycles. The largest absolute Gasteiger partial charge is 0.303 e. The molecule has 0 N–H and O–H groups in total. The highest BCUT2D eigenvalue weighted by Gasteiger charge is 2.47. The molecular formula is C32H38N2O2. The summed E-state index contributed by atoms with van der Waals surface area (Å²) in [6.45, 7) is 16.6. The molecule has 0 saturated carbocycles. The number of allylic oxidation sites excluding steroid dienone is 3. The van der Waals surface area contributed by atoms with E-state index in [9.17, 15) is 9.59 Å². The summed E-state index contributed by atoms with van der Waals surface area (Å²) < 4.78 is 0. The van der Waals surface area contributed by atoms with Gasteiger partial charge in [-0.1, -0.05) is 49.4 Å². The predicted molar refractivity (Wildman–Crippen MR) is 150 cm³/mol. The van der Waals surface area contributed by atoms with Gasteiger partial charge in [0.15, 0.2) is 0 Å². The van der Waals surface area contributed by atoms with Crippen LogP contribution in [-0.2, 0) is 15.0 Å². The van der Waals surface area contributed by atoms with Crippen LogP contribution in [0, 0.1) is 0 Å². The van der Waals surface area contributed by atoms with Gasteiger partial charge in [0, 0.05) is 22.2 Å². The van der Waals surface area contributed by atoms with Gasteiger partial charge < -0.3 is 4.90 Å². The maximum Gasteiger partial charge on any atom is 0.251 e. The van der Waals surface area contributed by atoms with Crippen molar-refractivity contribution >= 4 is 28.8 Å². The van der Waals surface area contributed by atoms with Crippen LogP contribution in [0.3, 0.4) is 0 Å². The molecule has 2 amide bonds.